The van der Waals surface area contributed by atoms with Crippen LogP contribution in [-0.2, 0) is 57.3 Å². The van der Waals surface area contributed by atoms with E-state index in [9.17, 15) is 92.5 Å². The molecule has 0 fully saturated rings. The number of nitrogens with one attached hydrogen (secondary N) is 4. The maximum atomic E-state index is 12.5. The third-order valence-electron chi connectivity index (χ3n) is 14.0. The summed E-state index contributed by atoms with van der Waals surface area (Å²) in [5, 5.41) is 85.8. The van der Waals surface area contributed by atoms with E-state index in [0.29, 0.717) is 34.9 Å². The Hall–Kier alpha value is -6.61. The van der Waals surface area contributed by atoms with Gasteiger partial charge in [0.2, 0.25) is 33.7 Å². The minimum atomic E-state index is -5.10. The SMILES string of the molecule is O=[N+]([O-])c1ccc2c(N=Nc3c(S(=O)(=O)O)cc4cc(Nc5nc(Cl)nc(=Nc6ccccc6)[nH]5)ccc4c3O)c(O)cc(S(=O)(=O)O)c2c1.O=[N+]([O-])c1ccc2c(N=Nc3c(S(=O)(=O)O)cc4cc(Nc5nc(Cl)nc(=Nc6ccccc6)[nH]5)ccc4c3O)c(O)cc(S(=O)(=O)O)c2c1.[Co].[Na+].[Na+].[Na+].[Na+].[Na+]. The summed E-state index contributed by atoms with van der Waals surface area (Å²) in [6.45, 7) is 0. The molecule has 2 heterocycles. The first-order valence-electron chi connectivity index (χ1n) is 27.4. The van der Waals surface area contributed by atoms with E-state index >= 15 is 0 Å². The molecular weight excluding hydrogens is 1610 g/mol. The summed E-state index contributed by atoms with van der Waals surface area (Å²) in [5.41, 5.74) is -1.66. The van der Waals surface area contributed by atoms with Crippen LogP contribution in [-0.4, -0.2) is 112 Å². The van der Waals surface area contributed by atoms with Gasteiger partial charge >= 0.3 is 148 Å². The van der Waals surface area contributed by atoms with Crippen LogP contribution in [0, 0.1) is 20.2 Å². The number of hydrogen-bond acceptors (Lipinski definition) is 28. The Morgan fingerprint density at radius 1 is 0.396 bits per heavy atom. The number of azo groups is 2. The van der Waals surface area contributed by atoms with Gasteiger partial charge in [0.15, 0.2) is 11.5 Å². The Bertz CT molecular complexity index is 5830. The standard InChI is InChI=1S/2C29H19ClN8O10S2.Co.5Na/c2*30-27-33-28(31-15-4-2-1-3-5-15)35-29(34-27)32-16-6-8-18-14(10-16)11-23(50(46,47)48)25(26(18)40)37-36-24-19-9-7-17(38(41)42)12-20(19)22(13-21(24)39)49(43,44)45;;;;;;/h2*1-13,39-40H,(H,43,44,45)(H,46,47,48)(H2,31,32,33,34,35);;;;;;/q;;;5*+1. The zero-order chi connectivity index (χ0) is 71.9. The molecule has 12 rings (SSSR count). The van der Waals surface area contributed by atoms with Gasteiger partial charge in [-0.2, -0.15) is 53.6 Å². The van der Waals surface area contributed by atoms with E-state index in [1.807, 2.05) is 12.1 Å². The van der Waals surface area contributed by atoms with E-state index in [-0.39, 0.29) is 231 Å². The van der Waals surface area contributed by atoms with Crippen LogP contribution in [0.5, 0.6) is 23.0 Å². The number of aromatic hydroxyl groups is 4. The quantitative estimate of drug-likeness (QED) is 0.0150. The van der Waals surface area contributed by atoms with Gasteiger partial charge in [0.25, 0.3) is 51.8 Å². The number of aromatic amines is 2. The van der Waals surface area contributed by atoms with Crippen LogP contribution >= 0.6 is 23.2 Å². The third kappa shape index (κ3) is 21.0. The minimum Gasteiger partial charge on any atom is -0.506 e. The Morgan fingerprint density at radius 3 is 1.04 bits per heavy atom. The first-order valence-corrected chi connectivity index (χ1v) is 33.9. The van der Waals surface area contributed by atoms with E-state index in [1.165, 1.54) is 36.4 Å². The van der Waals surface area contributed by atoms with Gasteiger partial charge in [-0.15, -0.1) is 20.5 Å². The number of aromatic nitrogens is 6. The van der Waals surface area contributed by atoms with Crippen molar-refractivity contribution in [3.63, 3.8) is 0 Å². The van der Waals surface area contributed by atoms with Gasteiger partial charge < -0.3 is 31.1 Å². The normalized spacial score (nSPS) is 11.9. The number of nitrogens with zero attached hydrogens (tertiary/aromatic N) is 12. The van der Waals surface area contributed by atoms with Gasteiger partial charge in [-0.3, -0.25) is 48.4 Å². The number of H-pyrrole nitrogens is 2. The molecule has 48 heteroatoms. The van der Waals surface area contributed by atoms with Gasteiger partial charge in [0.1, 0.15) is 53.8 Å². The summed E-state index contributed by atoms with van der Waals surface area (Å²) >= 11 is 12.2. The molecule has 0 amide bonds. The number of fused-ring (bicyclic) bond motifs is 4. The van der Waals surface area contributed by atoms with Crippen molar-refractivity contribution < 1.29 is 247 Å². The number of phenolic OH excluding ortho intramolecular Hbond substituents is 4. The van der Waals surface area contributed by atoms with Gasteiger partial charge in [-0.05, 0) is 119 Å². The topological polar surface area (TPSA) is 566 Å². The number of hydrogen-bond donors (Lipinski definition) is 12. The van der Waals surface area contributed by atoms with Gasteiger partial charge in [-0.1, -0.05) is 36.4 Å². The molecule has 10 aromatic carbocycles. The molecule has 0 unspecified atom stereocenters. The van der Waals surface area contributed by atoms with Crippen LogP contribution in [0.15, 0.2) is 208 Å². The molecular formula is C58H38Cl2CoN16Na5O20S4+5. The Balaban J connectivity index is 0.000000360. The van der Waals surface area contributed by atoms with Crippen LogP contribution < -0.4 is 170 Å². The fraction of sp³-hybridized carbons (Fsp3) is 0. The number of para-hydroxylation sites is 2. The van der Waals surface area contributed by atoms with Crippen LogP contribution in [0.4, 0.5) is 68.8 Å². The Labute approximate surface area is 726 Å². The summed E-state index contributed by atoms with van der Waals surface area (Å²) in [6, 6.07) is 35.0. The molecule has 0 saturated heterocycles. The molecule has 0 atom stereocenters. The van der Waals surface area contributed by atoms with Gasteiger partial charge in [0.05, 0.1) is 21.2 Å². The number of nitro benzene ring substituents is 2. The summed E-state index contributed by atoms with van der Waals surface area (Å²) in [6.07, 6.45) is 0. The fourth-order valence-electron chi connectivity index (χ4n) is 9.69. The zero-order valence-electron chi connectivity index (χ0n) is 54.6. The largest absolute Gasteiger partial charge is 1.00 e. The molecule has 517 valence electrons. The van der Waals surface area contributed by atoms with Crippen molar-refractivity contribution in [1.29, 1.82) is 0 Å². The predicted octanol–water partition coefficient (Wildman–Crippen LogP) is -3.05. The number of halogens is 2. The monoisotopic (exact) mass is 1650 g/mol. The second-order valence-corrected chi connectivity index (χ2v) is 26.7. The molecule has 36 nitrogen and oxygen atoms in total. The second kappa shape index (κ2) is 36.7. The number of anilines is 4. The number of nitro groups is 2. The molecule has 0 bridgehead atoms. The van der Waals surface area contributed by atoms with E-state index in [2.05, 4.69) is 71.0 Å². The smallest absolute Gasteiger partial charge is 0.506 e. The first-order chi connectivity index (χ1) is 47.2. The van der Waals surface area contributed by atoms with E-state index in [4.69, 9.17) is 23.2 Å². The van der Waals surface area contributed by atoms with E-state index in [0.717, 1.165) is 48.5 Å². The average Bonchev–Trinajstić information content (AvgIpc) is 0.769. The molecule has 0 aliphatic heterocycles. The molecule has 0 saturated carbocycles. The molecule has 0 aliphatic carbocycles. The van der Waals surface area contributed by atoms with E-state index < -0.39 is 138 Å². The number of non-ortho nitro benzene ring substituents is 2. The molecule has 1 radical (unpaired) electrons. The van der Waals surface area contributed by atoms with Crippen molar-refractivity contribution in [2.45, 2.75) is 19.6 Å². The zero-order valence-corrected chi connectivity index (χ0v) is 70.4. The molecule has 0 spiro atoms. The van der Waals surface area contributed by atoms with Gasteiger partial charge in [-0.25, -0.2) is 9.98 Å². The fourth-order valence-corrected chi connectivity index (χ4v) is 12.8. The maximum Gasteiger partial charge on any atom is 1.00 e. The maximum absolute atomic E-state index is 12.5. The molecule has 0 aliphatic rings. The number of benzene rings is 10. The van der Waals surface area contributed by atoms with Crippen molar-refractivity contribution in [3.05, 3.63) is 200 Å². The minimum absolute atomic E-state index is 0. The van der Waals surface area contributed by atoms with Crippen molar-refractivity contribution in [3.8, 4) is 23.0 Å². The van der Waals surface area contributed by atoms with Crippen LogP contribution in [0.2, 0.25) is 10.6 Å². The Morgan fingerprint density at radius 2 is 0.717 bits per heavy atom. The molecule has 12 N–H and O–H groups in total. The third-order valence-corrected chi connectivity index (χ3v) is 17.8. The molecule has 2 aromatic heterocycles. The first kappa shape index (κ1) is 90.0. The van der Waals surface area contributed by atoms with E-state index in [1.54, 1.807) is 48.5 Å². The summed E-state index contributed by atoms with van der Waals surface area (Å²) in [7, 11) is -20.2. The van der Waals surface area contributed by atoms with Crippen molar-refractivity contribution in [1.82, 2.24) is 29.9 Å². The van der Waals surface area contributed by atoms with Gasteiger partial charge in [0, 0.05) is 96.9 Å². The van der Waals surface area contributed by atoms with Crippen LogP contribution in [0.25, 0.3) is 43.1 Å². The van der Waals surface area contributed by atoms with Crippen LogP contribution in [0.1, 0.15) is 0 Å². The van der Waals surface area contributed by atoms with Crippen molar-refractivity contribution >= 4 is 176 Å². The van der Waals surface area contributed by atoms with Crippen molar-refractivity contribution in [2.75, 3.05) is 10.6 Å². The molecule has 12 aromatic rings. The second-order valence-electron chi connectivity index (χ2n) is 20.5. The number of rotatable bonds is 16. The Kier molecular flexibility index (Phi) is 31.2. The summed E-state index contributed by atoms with van der Waals surface area (Å²) < 4.78 is 137. The van der Waals surface area contributed by atoms with Crippen molar-refractivity contribution in [2.24, 2.45) is 30.4 Å². The molecule has 106 heavy (non-hydrogen) atoms. The summed E-state index contributed by atoms with van der Waals surface area (Å²) in [5.74, 6) is -3.09. The average molecular weight is 1650 g/mol. The number of phenols is 4. The predicted molar refractivity (Wildman–Crippen MR) is 356 cm³/mol. The van der Waals surface area contributed by atoms with Crippen LogP contribution in [0.3, 0.4) is 0 Å². The summed E-state index contributed by atoms with van der Waals surface area (Å²) in [4.78, 5) is 48.0.